The molecule has 102 valence electrons. The molecule has 0 saturated heterocycles. The Morgan fingerprint density at radius 1 is 1.53 bits per heavy atom. The summed E-state index contributed by atoms with van der Waals surface area (Å²) in [5, 5.41) is 0. The van der Waals surface area contributed by atoms with Crippen molar-refractivity contribution in [3.8, 4) is 0 Å². The van der Waals surface area contributed by atoms with Gasteiger partial charge in [0.05, 0.1) is 0 Å². The fourth-order valence-electron chi connectivity index (χ4n) is 2.05. The third kappa shape index (κ3) is 3.02. The Balaban J connectivity index is 2.44. The van der Waals surface area contributed by atoms with Crippen molar-refractivity contribution in [3.05, 3.63) is 52.3 Å². The van der Waals surface area contributed by atoms with Crippen LogP contribution < -0.4 is 11.3 Å². The van der Waals surface area contributed by atoms with Crippen LogP contribution in [0.1, 0.15) is 30.8 Å². The number of hydrogen-bond acceptors (Lipinski definition) is 3. The molecule has 0 bridgehead atoms. The Labute approximate surface area is 119 Å². The second kappa shape index (κ2) is 6.27. The molecule has 1 aromatic carbocycles. The molecule has 3 N–H and O–H groups in total. The summed E-state index contributed by atoms with van der Waals surface area (Å²) in [4.78, 5) is 4.29. The maximum absolute atomic E-state index is 14.0. The van der Waals surface area contributed by atoms with E-state index in [1.807, 2.05) is 10.8 Å². The summed E-state index contributed by atoms with van der Waals surface area (Å²) in [6, 6.07) is 4.31. The maximum atomic E-state index is 14.0. The van der Waals surface area contributed by atoms with Crippen LogP contribution in [0.15, 0.2) is 35.1 Å². The van der Waals surface area contributed by atoms with Crippen molar-refractivity contribution in [2.45, 2.75) is 25.9 Å². The molecule has 0 amide bonds. The van der Waals surface area contributed by atoms with Gasteiger partial charge in [0.15, 0.2) is 0 Å². The molecule has 1 aromatic heterocycles. The second-order valence-corrected chi connectivity index (χ2v) is 5.16. The minimum atomic E-state index is -0.473. The number of benzene rings is 1. The van der Waals surface area contributed by atoms with E-state index in [-0.39, 0.29) is 5.82 Å². The van der Waals surface area contributed by atoms with Crippen LogP contribution in [0.4, 0.5) is 4.39 Å². The summed E-state index contributed by atoms with van der Waals surface area (Å²) in [6.45, 7) is 2.90. The van der Waals surface area contributed by atoms with Crippen molar-refractivity contribution >= 4 is 15.9 Å². The van der Waals surface area contributed by atoms with E-state index in [9.17, 15) is 4.39 Å². The average Bonchev–Trinajstić information content (AvgIpc) is 2.83. The highest BCUT2D eigenvalue weighted by Crippen LogP contribution is 2.25. The van der Waals surface area contributed by atoms with Crippen molar-refractivity contribution < 1.29 is 4.39 Å². The molecule has 0 aliphatic heterocycles. The topological polar surface area (TPSA) is 55.9 Å². The number of nitrogens with zero attached hydrogens (tertiary/aromatic N) is 2. The first-order valence-corrected chi connectivity index (χ1v) is 6.88. The first-order chi connectivity index (χ1) is 9.17. The largest absolute Gasteiger partial charge is 0.333 e. The number of nitrogens with two attached hydrogens (primary N) is 1. The van der Waals surface area contributed by atoms with Crippen LogP contribution in [0.2, 0.25) is 0 Å². The summed E-state index contributed by atoms with van der Waals surface area (Å²) in [5.74, 6) is 6.00. The highest BCUT2D eigenvalue weighted by molar-refractivity contribution is 9.10. The zero-order chi connectivity index (χ0) is 13.8. The average molecular weight is 327 g/mol. The SMILES string of the molecule is CCCn1ccnc1C(NN)c1cc(Br)ccc1F. The van der Waals surface area contributed by atoms with E-state index in [0.717, 1.165) is 17.4 Å². The van der Waals surface area contributed by atoms with Gasteiger partial charge in [0.2, 0.25) is 0 Å². The molecule has 0 fully saturated rings. The smallest absolute Gasteiger partial charge is 0.131 e. The number of hydrazine groups is 1. The zero-order valence-corrected chi connectivity index (χ0v) is 12.2. The maximum Gasteiger partial charge on any atom is 0.131 e. The number of nitrogens with one attached hydrogen (secondary N) is 1. The summed E-state index contributed by atoms with van der Waals surface area (Å²) in [6.07, 6.45) is 4.55. The lowest BCUT2D eigenvalue weighted by molar-refractivity contribution is 0.515. The molecule has 0 aliphatic carbocycles. The lowest BCUT2D eigenvalue weighted by atomic mass is 10.1. The highest BCUT2D eigenvalue weighted by Gasteiger charge is 2.21. The van der Waals surface area contributed by atoms with E-state index < -0.39 is 6.04 Å². The third-order valence-electron chi connectivity index (χ3n) is 2.91. The van der Waals surface area contributed by atoms with E-state index in [2.05, 4.69) is 33.3 Å². The van der Waals surface area contributed by atoms with Crippen LogP contribution in [-0.2, 0) is 6.54 Å². The normalized spacial score (nSPS) is 12.6. The Morgan fingerprint density at radius 3 is 3.00 bits per heavy atom. The van der Waals surface area contributed by atoms with Crippen molar-refractivity contribution in [2.24, 2.45) is 5.84 Å². The summed E-state index contributed by atoms with van der Waals surface area (Å²) < 4.78 is 16.7. The van der Waals surface area contributed by atoms with Crippen LogP contribution in [0.3, 0.4) is 0 Å². The second-order valence-electron chi connectivity index (χ2n) is 4.24. The summed E-state index contributed by atoms with van der Waals surface area (Å²) in [5.41, 5.74) is 3.12. The van der Waals surface area contributed by atoms with Crippen LogP contribution in [0.25, 0.3) is 0 Å². The van der Waals surface area contributed by atoms with Gasteiger partial charge in [-0.25, -0.2) is 14.8 Å². The standard InChI is InChI=1S/C13H16BrFN4/c1-2-6-19-7-5-17-13(19)12(18-16)10-8-9(14)3-4-11(10)15/h3-5,7-8,12,18H,2,6,16H2,1H3. The molecular weight excluding hydrogens is 311 g/mol. The van der Waals surface area contributed by atoms with Gasteiger partial charge in [0.25, 0.3) is 0 Å². The summed E-state index contributed by atoms with van der Waals surface area (Å²) in [7, 11) is 0. The first kappa shape index (κ1) is 14.2. The quantitative estimate of drug-likeness (QED) is 0.656. The van der Waals surface area contributed by atoms with Crippen LogP contribution in [0, 0.1) is 5.82 Å². The van der Waals surface area contributed by atoms with Gasteiger partial charge in [-0.1, -0.05) is 22.9 Å². The molecule has 1 heterocycles. The van der Waals surface area contributed by atoms with Gasteiger partial charge in [-0.2, -0.15) is 0 Å². The van der Waals surface area contributed by atoms with Crippen molar-refractivity contribution in [1.29, 1.82) is 0 Å². The molecule has 2 aromatic rings. The predicted molar refractivity (Wildman–Crippen MR) is 75.8 cm³/mol. The molecule has 1 unspecified atom stereocenters. The fraction of sp³-hybridized carbons (Fsp3) is 0.308. The van der Waals surface area contributed by atoms with Crippen LogP contribution in [-0.4, -0.2) is 9.55 Å². The van der Waals surface area contributed by atoms with Crippen LogP contribution in [0.5, 0.6) is 0 Å². The lowest BCUT2D eigenvalue weighted by Gasteiger charge is -2.18. The molecular formula is C13H16BrFN4. The minimum absolute atomic E-state index is 0.308. The van der Waals surface area contributed by atoms with Crippen LogP contribution >= 0.6 is 15.9 Å². The number of aromatic nitrogens is 2. The summed E-state index contributed by atoms with van der Waals surface area (Å²) >= 11 is 3.34. The van der Waals surface area contributed by atoms with E-state index in [4.69, 9.17) is 5.84 Å². The van der Waals surface area contributed by atoms with Gasteiger partial charge in [-0.05, 0) is 24.6 Å². The molecule has 0 radical (unpaired) electrons. The van der Waals surface area contributed by atoms with Gasteiger partial charge >= 0.3 is 0 Å². The van der Waals surface area contributed by atoms with E-state index in [0.29, 0.717) is 11.4 Å². The van der Waals surface area contributed by atoms with E-state index in [1.165, 1.54) is 6.07 Å². The Morgan fingerprint density at radius 2 is 2.32 bits per heavy atom. The number of imidazole rings is 1. The zero-order valence-electron chi connectivity index (χ0n) is 10.6. The van der Waals surface area contributed by atoms with Crippen molar-refractivity contribution in [3.63, 3.8) is 0 Å². The molecule has 0 aliphatic rings. The predicted octanol–water partition coefficient (Wildman–Crippen LogP) is 2.75. The van der Waals surface area contributed by atoms with Gasteiger partial charge in [-0.15, -0.1) is 0 Å². The first-order valence-electron chi connectivity index (χ1n) is 6.09. The van der Waals surface area contributed by atoms with Crippen molar-refractivity contribution in [2.75, 3.05) is 0 Å². The highest BCUT2D eigenvalue weighted by atomic mass is 79.9. The number of rotatable bonds is 5. The molecule has 1 atom stereocenters. The molecule has 6 heteroatoms. The number of aryl methyl sites for hydroxylation is 1. The van der Waals surface area contributed by atoms with E-state index >= 15 is 0 Å². The fourth-order valence-corrected chi connectivity index (χ4v) is 2.43. The Kier molecular flexibility index (Phi) is 4.68. The lowest BCUT2D eigenvalue weighted by Crippen LogP contribution is -2.31. The van der Waals surface area contributed by atoms with Gasteiger partial charge < -0.3 is 4.57 Å². The molecule has 19 heavy (non-hydrogen) atoms. The monoisotopic (exact) mass is 326 g/mol. The number of hydrogen-bond donors (Lipinski definition) is 2. The number of halogens is 2. The minimum Gasteiger partial charge on any atom is -0.333 e. The Bertz CT molecular complexity index is 555. The van der Waals surface area contributed by atoms with Gasteiger partial charge in [0, 0.05) is 29.0 Å². The van der Waals surface area contributed by atoms with Gasteiger partial charge in [-0.3, -0.25) is 5.84 Å². The van der Waals surface area contributed by atoms with Crippen molar-refractivity contribution in [1.82, 2.24) is 15.0 Å². The molecule has 2 rings (SSSR count). The molecule has 0 spiro atoms. The Hall–Kier alpha value is -1.24. The molecule has 0 saturated carbocycles. The van der Waals surface area contributed by atoms with Gasteiger partial charge in [0.1, 0.15) is 17.7 Å². The molecule has 4 nitrogen and oxygen atoms in total. The third-order valence-corrected chi connectivity index (χ3v) is 3.40. The van der Waals surface area contributed by atoms with E-state index in [1.54, 1.807) is 18.3 Å².